The first kappa shape index (κ1) is 14.9. The van der Waals surface area contributed by atoms with E-state index in [2.05, 4.69) is 4.98 Å². The van der Waals surface area contributed by atoms with Gasteiger partial charge in [-0.3, -0.25) is 14.9 Å². The highest BCUT2D eigenvalue weighted by molar-refractivity contribution is 5.71. The van der Waals surface area contributed by atoms with Crippen molar-refractivity contribution in [3.8, 4) is 0 Å². The number of aromatic nitrogens is 1. The second kappa shape index (κ2) is 6.12. The average Bonchev–Trinajstić information content (AvgIpc) is 2.35. The minimum Gasteiger partial charge on any atom is -0.481 e. The molecular formula is C12H17N3O4. The quantitative estimate of drug-likeness (QED) is 0.624. The van der Waals surface area contributed by atoms with Crippen molar-refractivity contribution in [2.75, 3.05) is 18.0 Å². The lowest BCUT2D eigenvalue weighted by molar-refractivity contribution is -0.384. The molecule has 0 saturated carbocycles. The molecule has 1 N–H and O–H groups in total. The van der Waals surface area contributed by atoms with Crippen molar-refractivity contribution in [2.24, 2.45) is 5.92 Å². The van der Waals surface area contributed by atoms with Crippen LogP contribution in [0.1, 0.15) is 19.4 Å². The molecular weight excluding hydrogens is 250 g/mol. The third kappa shape index (κ3) is 3.64. The number of hydrogen-bond donors (Lipinski definition) is 1. The van der Waals surface area contributed by atoms with Crippen molar-refractivity contribution in [1.29, 1.82) is 0 Å². The van der Waals surface area contributed by atoms with Gasteiger partial charge in [0.15, 0.2) is 0 Å². The monoisotopic (exact) mass is 267 g/mol. The summed E-state index contributed by atoms with van der Waals surface area (Å²) in [5.74, 6) is -1.35. The molecule has 7 nitrogen and oxygen atoms in total. The van der Waals surface area contributed by atoms with Crippen LogP contribution in [-0.4, -0.2) is 34.1 Å². The molecule has 7 heteroatoms. The normalized spacial score (nSPS) is 11.9. The number of carboxylic acids is 1. The molecule has 0 aromatic carbocycles. The van der Waals surface area contributed by atoms with Gasteiger partial charge in [-0.25, -0.2) is 4.98 Å². The van der Waals surface area contributed by atoms with Gasteiger partial charge in [0.05, 0.1) is 10.8 Å². The van der Waals surface area contributed by atoms with Crippen molar-refractivity contribution in [1.82, 2.24) is 4.98 Å². The Kier molecular flexibility index (Phi) is 4.80. The van der Waals surface area contributed by atoms with Gasteiger partial charge < -0.3 is 10.0 Å². The van der Waals surface area contributed by atoms with E-state index >= 15 is 0 Å². The van der Waals surface area contributed by atoms with E-state index in [1.807, 2.05) is 0 Å². The zero-order chi connectivity index (χ0) is 14.6. The fourth-order valence-electron chi connectivity index (χ4n) is 1.70. The van der Waals surface area contributed by atoms with E-state index in [0.717, 1.165) is 0 Å². The number of rotatable bonds is 6. The molecule has 1 aromatic heterocycles. The maximum Gasteiger partial charge on any atom is 0.311 e. The van der Waals surface area contributed by atoms with Crippen molar-refractivity contribution in [3.05, 3.63) is 27.9 Å². The van der Waals surface area contributed by atoms with Crippen molar-refractivity contribution < 1.29 is 14.8 Å². The Bertz CT molecular complexity index is 490. The van der Waals surface area contributed by atoms with E-state index in [1.54, 1.807) is 25.7 Å². The summed E-state index contributed by atoms with van der Waals surface area (Å²) >= 11 is 0. The summed E-state index contributed by atoms with van der Waals surface area (Å²) in [6.45, 7) is 5.72. The number of carboxylic acid groups (broad SMARTS) is 1. The number of aliphatic carboxylic acids is 1. The third-order valence-electron chi connectivity index (χ3n) is 2.78. The zero-order valence-electron chi connectivity index (χ0n) is 11.2. The fraction of sp³-hybridized carbons (Fsp3) is 0.500. The van der Waals surface area contributed by atoms with Crippen LogP contribution in [0.3, 0.4) is 0 Å². The number of pyridine rings is 1. The van der Waals surface area contributed by atoms with Crippen LogP contribution in [0.15, 0.2) is 12.3 Å². The Hall–Kier alpha value is -2.18. The molecule has 0 aliphatic rings. The van der Waals surface area contributed by atoms with Gasteiger partial charge in [0.25, 0.3) is 0 Å². The molecule has 1 unspecified atom stereocenters. The first-order valence-electron chi connectivity index (χ1n) is 5.95. The Morgan fingerprint density at radius 1 is 1.63 bits per heavy atom. The summed E-state index contributed by atoms with van der Waals surface area (Å²) in [6.07, 6.45) is 1.54. The molecule has 19 heavy (non-hydrogen) atoms. The van der Waals surface area contributed by atoms with Gasteiger partial charge in [0.2, 0.25) is 5.82 Å². The van der Waals surface area contributed by atoms with Gasteiger partial charge in [-0.05, 0) is 19.4 Å². The molecule has 0 amide bonds. The first-order chi connectivity index (χ1) is 8.86. The van der Waals surface area contributed by atoms with Crippen LogP contribution in [0.4, 0.5) is 11.5 Å². The second-order valence-electron chi connectivity index (χ2n) is 4.39. The predicted octanol–water partition coefficient (Wildman–Crippen LogP) is 1.85. The minimum atomic E-state index is -0.937. The van der Waals surface area contributed by atoms with Crippen LogP contribution in [0.2, 0.25) is 0 Å². The Morgan fingerprint density at radius 2 is 2.26 bits per heavy atom. The van der Waals surface area contributed by atoms with Crippen molar-refractivity contribution in [2.45, 2.75) is 20.8 Å². The summed E-state index contributed by atoms with van der Waals surface area (Å²) in [5.41, 5.74) is 0.595. The number of carbonyl (C=O) groups is 1. The first-order valence-corrected chi connectivity index (χ1v) is 5.95. The molecule has 1 atom stereocenters. The highest BCUT2D eigenvalue weighted by atomic mass is 16.6. The van der Waals surface area contributed by atoms with E-state index in [4.69, 9.17) is 5.11 Å². The van der Waals surface area contributed by atoms with Crippen molar-refractivity contribution in [3.63, 3.8) is 0 Å². The van der Waals surface area contributed by atoms with Gasteiger partial charge in [0.1, 0.15) is 0 Å². The van der Waals surface area contributed by atoms with E-state index in [1.165, 1.54) is 12.3 Å². The van der Waals surface area contributed by atoms with Gasteiger partial charge in [-0.1, -0.05) is 6.92 Å². The highest BCUT2D eigenvalue weighted by Crippen LogP contribution is 2.26. The lowest BCUT2D eigenvalue weighted by atomic mass is 10.1. The smallest absolute Gasteiger partial charge is 0.311 e. The van der Waals surface area contributed by atoms with Crippen LogP contribution in [0, 0.1) is 23.0 Å². The lowest BCUT2D eigenvalue weighted by Gasteiger charge is -2.23. The Balaban J connectivity index is 3.11. The number of nitrogens with zero attached hydrogens (tertiary/aromatic N) is 3. The molecule has 0 aliphatic carbocycles. The number of aryl methyl sites for hydroxylation is 1. The van der Waals surface area contributed by atoms with Gasteiger partial charge in [-0.15, -0.1) is 0 Å². The summed E-state index contributed by atoms with van der Waals surface area (Å²) in [7, 11) is 0. The van der Waals surface area contributed by atoms with Gasteiger partial charge >= 0.3 is 11.7 Å². The minimum absolute atomic E-state index is 0.0977. The molecule has 1 rings (SSSR count). The molecule has 0 radical (unpaired) electrons. The summed E-state index contributed by atoms with van der Waals surface area (Å²) in [4.78, 5) is 27.1. The summed E-state index contributed by atoms with van der Waals surface area (Å²) in [6, 6.07) is 1.44. The highest BCUT2D eigenvalue weighted by Gasteiger charge is 2.23. The van der Waals surface area contributed by atoms with Gasteiger partial charge in [-0.2, -0.15) is 0 Å². The van der Waals surface area contributed by atoms with Crippen LogP contribution in [0.5, 0.6) is 0 Å². The van der Waals surface area contributed by atoms with Crippen LogP contribution < -0.4 is 4.90 Å². The average molecular weight is 267 g/mol. The second-order valence-corrected chi connectivity index (χ2v) is 4.39. The van der Waals surface area contributed by atoms with Crippen LogP contribution in [-0.2, 0) is 4.79 Å². The standard InChI is InChI=1S/C12H17N3O4/c1-4-14(7-9(3)12(16)17)11-10(15(18)19)5-8(2)6-13-11/h5-6,9H,4,7H2,1-3H3,(H,16,17). The molecule has 0 bridgehead atoms. The lowest BCUT2D eigenvalue weighted by Crippen LogP contribution is -2.32. The molecule has 1 aromatic rings. The van der Waals surface area contributed by atoms with Crippen LogP contribution >= 0.6 is 0 Å². The topological polar surface area (TPSA) is 96.6 Å². The largest absolute Gasteiger partial charge is 0.481 e. The van der Waals surface area contributed by atoms with Crippen molar-refractivity contribution >= 4 is 17.5 Å². The molecule has 1 heterocycles. The molecule has 104 valence electrons. The predicted molar refractivity (Wildman–Crippen MR) is 70.3 cm³/mol. The maximum atomic E-state index is 11.0. The van der Waals surface area contributed by atoms with E-state index in [0.29, 0.717) is 12.1 Å². The molecule has 0 aliphatic heterocycles. The molecule has 0 saturated heterocycles. The van der Waals surface area contributed by atoms with E-state index < -0.39 is 16.8 Å². The van der Waals surface area contributed by atoms with E-state index in [9.17, 15) is 14.9 Å². The van der Waals surface area contributed by atoms with Crippen LogP contribution in [0.25, 0.3) is 0 Å². The molecule has 0 spiro atoms. The van der Waals surface area contributed by atoms with Gasteiger partial charge in [0, 0.05) is 25.4 Å². The number of hydrogen-bond acceptors (Lipinski definition) is 5. The maximum absolute atomic E-state index is 11.0. The Labute approximate surface area is 111 Å². The SMILES string of the molecule is CCN(CC(C)C(=O)O)c1ncc(C)cc1[N+](=O)[O-]. The molecule has 0 fully saturated rings. The summed E-state index contributed by atoms with van der Waals surface area (Å²) < 4.78 is 0. The third-order valence-corrected chi connectivity index (χ3v) is 2.78. The Morgan fingerprint density at radius 3 is 2.74 bits per heavy atom. The van der Waals surface area contributed by atoms with E-state index in [-0.39, 0.29) is 18.1 Å². The number of anilines is 1. The fourth-order valence-corrected chi connectivity index (χ4v) is 1.70. The summed E-state index contributed by atoms with van der Waals surface area (Å²) in [5, 5.41) is 20.0. The number of nitro groups is 1. The zero-order valence-corrected chi connectivity index (χ0v) is 11.2.